The van der Waals surface area contributed by atoms with Crippen LogP contribution in [-0.2, 0) is 27.4 Å². The normalized spacial score (nSPS) is 15.4. The van der Waals surface area contributed by atoms with Crippen molar-refractivity contribution in [1.29, 1.82) is 0 Å². The molecule has 5 rings (SSSR count). The first kappa shape index (κ1) is 24.8. The van der Waals surface area contributed by atoms with Gasteiger partial charge in [-0.2, -0.15) is 13.2 Å². The molecule has 0 spiro atoms. The smallest absolute Gasteiger partial charge is 0.381 e. The average molecular weight is 528 g/mol. The second-order valence-electron chi connectivity index (χ2n) is 8.88. The molecule has 7 nitrogen and oxygen atoms in total. The van der Waals surface area contributed by atoms with E-state index in [1.807, 2.05) is 0 Å². The summed E-state index contributed by atoms with van der Waals surface area (Å²) >= 11 is 0. The van der Waals surface area contributed by atoms with Gasteiger partial charge in [-0.05, 0) is 35.9 Å². The Kier molecular flexibility index (Phi) is 5.99. The van der Waals surface area contributed by atoms with Crippen molar-refractivity contribution in [3.63, 3.8) is 0 Å². The van der Waals surface area contributed by atoms with Gasteiger partial charge in [0.1, 0.15) is 5.60 Å². The second kappa shape index (κ2) is 8.93. The van der Waals surface area contributed by atoms with Gasteiger partial charge in [-0.3, -0.25) is 14.8 Å². The molecule has 2 aromatic carbocycles. The number of carbonyl (C=O) groups is 1. The molecule has 1 aliphatic heterocycles. The van der Waals surface area contributed by atoms with E-state index < -0.39 is 33.2 Å². The maximum atomic E-state index is 13.3. The molecule has 2 aromatic heterocycles. The molecule has 1 fully saturated rings. The lowest BCUT2D eigenvalue weighted by Gasteiger charge is -2.47. The molecule has 0 atom stereocenters. The number of pyridine rings is 2. The summed E-state index contributed by atoms with van der Waals surface area (Å²) < 4.78 is 66.0. The largest absolute Gasteiger partial charge is 0.433 e. The van der Waals surface area contributed by atoms with Gasteiger partial charge in [-0.15, -0.1) is 0 Å². The first-order valence-electron chi connectivity index (χ1n) is 11.2. The van der Waals surface area contributed by atoms with Gasteiger partial charge in [-0.1, -0.05) is 36.4 Å². The van der Waals surface area contributed by atoms with Crippen LogP contribution < -0.4 is 0 Å². The number of rotatable bonds is 5. The zero-order chi connectivity index (χ0) is 26.4. The minimum absolute atomic E-state index is 0.110. The Morgan fingerprint density at radius 3 is 2.30 bits per heavy atom. The average Bonchev–Trinajstić information content (AvgIpc) is 2.86. The van der Waals surface area contributed by atoms with Crippen molar-refractivity contribution < 1.29 is 31.5 Å². The number of fused-ring (bicyclic) bond motifs is 1. The van der Waals surface area contributed by atoms with Crippen molar-refractivity contribution in [3.05, 3.63) is 102 Å². The van der Waals surface area contributed by atoms with Crippen LogP contribution >= 0.6 is 0 Å². The van der Waals surface area contributed by atoms with Gasteiger partial charge in [0.2, 0.25) is 0 Å². The van der Waals surface area contributed by atoms with E-state index in [0.717, 1.165) is 12.3 Å². The van der Waals surface area contributed by atoms with Crippen molar-refractivity contribution in [1.82, 2.24) is 14.9 Å². The molecule has 0 aliphatic carbocycles. The summed E-state index contributed by atoms with van der Waals surface area (Å²) in [6, 6.07) is 16.8. The van der Waals surface area contributed by atoms with Crippen molar-refractivity contribution in [2.45, 2.75) is 22.4 Å². The van der Waals surface area contributed by atoms with Crippen LogP contribution in [0.5, 0.6) is 0 Å². The molecule has 0 radical (unpaired) electrons. The highest BCUT2D eigenvalue weighted by molar-refractivity contribution is 7.90. The molecule has 0 unspecified atom stereocenters. The first-order chi connectivity index (χ1) is 17.5. The quantitative estimate of drug-likeness (QED) is 0.422. The molecule has 3 heterocycles. The number of nitrogens with zero attached hydrogens (tertiary/aromatic N) is 3. The minimum Gasteiger partial charge on any atom is -0.381 e. The summed E-state index contributed by atoms with van der Waals surface area (Å²) in [5.74, 6) is -0.795. The van der Waals surface area contributed by atoms with E-state index in [9.17, 15) is 31.5 Å². The van der Waals surface area contributed by atoms with Gasteiger partial charge < -0.3 is 10.0 Å². The summed E-state index contributed by atoms with van der Waals surface area (Å²) in [5, 5.41) is 11.4. The highest BCUT2D eigenvalue weighted by atomic mass is 32.2. The van der Waals surface area contributed by atoms with Crippen LogP contribution in [0.25, 0.3) is 10.9 Å². The van der Waals surface area contributed by atoms with Gasteiger partial charge >= 0.3 is 6.18 Å². The number of amides is 1. The molecular weight excluding hydrogens is 507 g/mol. The molecule has 0 bridgehead atoms. The number of hydrogen-bond acceptors (Lipinski definition) is 6. The Bertz CT molecular complexity index is 1590. The molecule has 1 amide bonds. The number of benzene rings is 2. The van der Waals surface area contributed by atoms with E-state index in [-0.39, 0.29) is 34.9 Å². The van der Waals surface area contributed by atoms with Crippen LogP contribution in [0.2, 0.25) is 0 Å². The summed E-state index contributed by atoms with van der Waals surface area (Å²) in [5.41, 5.74) is -2.38. The van der Waals surface area contributed by atoms with E-state index in [2.05, 4.69) is 9.97 Å². The molecule has 0 saturated carbocycles. The molecule has 4 aromatic rings. The number of sulfone groups is 1. The monoisotopic (exact) mass is 527 g/mol. The van der Waals surface area contributed by atoms with Crippen LogP contribution in [0.15, 0.2) is 84.0 Å². The predicted molar refractivity (Wildman–Crippen MR) is 128 cm³/mol. The van der Waals surface area contributed by atoms with Crippen LogP contribution in [0, 0.1) is 0 Å². The minimum atomic E-state index is -4.74. The van der Waals surface area contributed by atoms with Crippen LogP contribution in [0.1, 0.15) is 27.2 Å². The highest BCUT2D eigenvalue weighted by Gasteiger charge is 2.50. The van der Waals surface area contributed by atoms with Gasteiger partial charge in [0.05, 0.1) is 29.3 Å². The van der Waals surface area contributed by atoms with Crippen LogP contribution in [0.4, 0.5) is 13.2 Å². The van der Waals surface area contributed by atoms with E-state index in [1.165, 1.54) is 47.5 Å². The topological polar surface area (TPSA) is 100 Å². The third kappa shape index (κ3) is 4.67. The molecule has 37 heavy (non-hydrogen) atoms. The summed E-state index contributed by atoms with van der Waals surface area (Å²) in [6.45, 7) is -0.657. The van der Waals surface area contributed by atoms with Crippen molar-refractivity contribution in [3.8, 4) is 0 Å². The Labute approximate surface area is 210 Å². The second-order valence-corrected chi connectivity index (χ2v) is 10.8. The number of aromatic nitrogens is 2. The lowest BCUT2D eigenvalue weighted by molar-refractivity contribution is -0.149. The summed E-state index contributed by atoms with van der Waals surface area (Å²) in [4.78, 5) is 21.7. The summed E-state index contributed by atoms with van der Waals surface area (Å²) in [6.07, 6.45) is -2.22. The Morgan fingerprint density at radius 1 is 0.946 bits per heavy atom. The lowest BCUT2D eigenvalue weighted by atomic mass is 9.84. The number of carbonyl (C=O) groups excluding carboxylic acids is 1. The standard InChI is InChI=1S/C26H20F3N3O4S/c27-26(28,29)23-20(6-3-13-31-23)25(34)15-32(16-25)24(33)19-10-8-17(9-11-19)14-37(35,36)21-7-1-4-18-5-2-12-30-22(18)21/h1-13,34H,14-16H2. The maximum Gasteiger partial charge on any atom is 0.433 e. The number of alkyl halides is 3. The first-order valence-corrected chi connectivity index (χ1v) is 12.8. The Morgan fingerprint density at radius 2 is 1.59 bits per heavy atom. The van der Waals surface area contributed by atoms with E-state index in [0.29, 0.717) is 16.5 Å². The third-order valence-electron chi connectivity index (χ3n) is 6.26. The maximum absolute atomic E-state index is 13.3. The predicted octanol–water partition coefficient (Wildman–Crippen LogP) is 3.97. The number of halogens is 3. The Balaban J connectivity index is 1.30. The molecular formula is C26H20F3N3O4S. The van der Waals surface area contributed by atoms with Gasteiger partial charge in [-0.25, -0.2) is 8.42 Å². The number of β-amino-alcohol motifs (C(OH)–C–C–N with tert-alkyl or cyclic N) is 1. The molecule has 190 valence electrons. The SMILES string of the molecule is O=C(c1ccc(CS(=O)(=O)c2cccc3cccnc23)cc1)N1CC(O)(c2cccnc2C(F)(F)F)C1. The van der Waals surface area contributed by atoms with Gasteiger partial charge in [0.15, 0.2) is 15.5 Å². The zero-order valence-corrected chi connectivity index (χ0v) is 20.0. The van der Waals surface area contributed by atoms with Gasteiger partial charge in [0, 0.05) is 28.9 Å². The number of para-hydroxylation sites is 1. The van der Waals surface area contributed by atoms with Crippen LogP contribution in [-0.4, -0.2) is 47.4 Å². The van der Waals surface area contributed by atoms with Gasteiger partial charge in [0.25, 0.3) is 5.91 Å². The number of hydrogen-bond donors (Lipinski definition) is 1. The fourth-order valence-corrected chi connectivity index (χ4v) is 5.99. The van der Waals surface area contributed by atoms with E-state index >= 15 is 0 Å². The Hall–Kier alpha value is -3.83. The summed E-state index contributed by atoms with van der Waals surface area (Å²) in [7, 11) is -3.73. The molecule has 1 saturated heterocycles. The van der Waals surface area contributed by atoms with Crippen molar-refractivity contribution >= 4 is 26.6 Å². The van der Waals surface area contributed by atoms with E-state index in [1.54, 1.807) is 24.3 Å². The number of aliphatic hydroxyl groups is 1. The van der Waals surface area contributed by atoms with Crippen LogP contribution in [0.3, 0.4) is 0 Å². The fraction of sp³-hybridized carbons (Fsp3) is 0.192. The van der Waals surface area contributed by atoms with E-state index in [4.69, 9.17) is 0 Å². The molecule has 1 N–H and O–H groups in total. The zero-order valence-electron chi connectivity index (χ0n) is 19.2. The number of likely N-dealkylation sites (tertiary alicyclic amines) is 1. The molecule has 1 aliphatic rings. The third-order valence-corrected chi connectivity index (χ3v) is 7.97. The molecule has 11 heteroatoms. The fourth-order valence-electron chi connectivity index (χ4n) is 4.46. The lowest BCUT2D eigenvalue weighted by Crippen LogP contribution is -2.61. The highest BCUT2D eigenvalue weighted by Crippen LogP contribution is 2.40. The van der Waals surface area contributed by atoms with Crippen molar-refractivity contribution in [2.24, 2.45) is 0 Å². The van der Waals surface area contributed by atoms with Crippen molar-refractivity contribution in [2.75, 3.05) is 13.1 Å².